The van der Waals surface area contributed by atoms with E-state index in [4.69, 9.17) is 9.52 Å². The Morgan fingerprint density at radius 2 is 2.15 bits per heavy atom. The molecule has 112 valence electrons. The molecule has 1 atom stereocenters. The van der Waals surface area contributed by atoms with E-state index in [-0.39, 0.29) is 5.76 Å². The fraction of sp³-hybridized carbons (Fsp3) is 0.688. The van der Waals surface area contributed by atoms with Crippen molar-refractivity contribution in [2.45, 2.75) is 65.0 Å². The van der Waals surface area contributed by atoms with Crippen LogP contribution in [0.3, 0.4) is 0 Å². The van der Waals surface area contributed by atoms with Crippen LogP contribution in [0.1, 0.15) is 67.3 Å². The minimum atomic E-state index is -1.00. The van der Waals surface area contributed by atoms with E-state index in [1.54, 1.807) is 6.07 Å². The molecule has 20 heavy (non-hydrogen) atoms. The normalized spacial score (nSPS) is 18.1. The molecule has 4 heteroatoms. The molecule has 0 radical (unpaired) electrons. The number of nitrogens with one attached hydrogen (secondary N) is 1. The van der Waals surface area contributed by atoms with E-state index >= 15 is 0 Å². The van der Waals surface area contributed by atoms with Crippen molar-refractivity contribution in [3.8, 4) is 0 Å². The van der Waals surface area contributed by atoms with Gasteiger partial charge in [0.15, 0.2) is 0 Å². The van der Waals surface area contributed by atoms with Gasteiger partial charge in [-0.2, -0.15) is 0 Å². The van der Waals surface area contributed by atoms with Crippen molar-refractivity contribution >= 4 is 5.97 Å². The minimum Gasteiger partial charge on any atom is -0.475 e. The van der Waals surface area contributed by atoms with Gasteiger partial charge >= 0.3 is 5.97 Å². The Kier molecular flexibility index (Phi) is 5.24. The molecule has 0 aromatic carbocycles. The van der Waals surface area contributed by atoms with Crippen LogP contribution in [-0.2, 0) is 6.54 Å². The van der Waals surface area contributed by atoms with Crippen LogP contribution in [-0.4, -0.2) is 17.1 Å². The number of aryl methyl sites for hydroxylation is 1. The Morgan fingerprint density at radius 1 is 1.45 bits per heavy atom. The monoisotopic (exact) mass is 279 g/mol. The minimum absolute atomic E-state index is 0.0324. The second-order valence-corrected chi connectivity index (χ2v) is 5.79. The molecule has 0 bridgehead atoms. The van der Waals surface area contributed by atoms with Gasteiger partial charge in [-0.3, -0.25) is 0 Å². The molecular weight excluding hydrogens is 254 g/mol. The zero-order valence-electron chi connectivity index (χ0n) is 12.4. The predicted molar refractivity (Wildman–Crippen MR) is 77.9 cm³/mol. The first-order valence-electron chi connectivity index (χ1n) is 7.67. The molecule has 1 aromatic heterocycles. The third-order valence-electron chi connectivity index (χ3n) is 4.44. The van der Waals surface area contributed by atoms with Crippen molar-refractivity contribution in [2.24, 2.45) is 5.92 Å². The Morgan fingerprint density at radius 3 is 2.70 bits per heavy atom. The molecule has 1 unspecified atom stereocenters. The van der Waals surface area contributed by atoms with Crippen LogP contribution in [0.25, 0.3) is 0 Å². The van der Waals surface area contributed by atoms with Gasteiger partial charge in [-0.25, -0.2) is 4.79 Å². The fourth-order valence-corrected chi connectivity index (χ4v) is 3.22. The van der Waals surface area contributed by atoms with Crippen molar-refractivity contribution in [3.63, 3.8) is 0 Å². The molecule has 1 aromatic rings. The van der Waals surface area contributed by atoms with E-state index in [1.807, 2.05) is 6.92 Å². The molecular formula is C16H25NO3. The quantitative estimate of drug-likeness (QED) is 0.832. The summed E-state index contributed by atoms with van der Waals surface area (Å²) in [5.41, 5.74) is 0.955. The number of hydrogen-bond acceptors (Lipinski definition) is 3. The molecule has 0 saturated heterocycles. The molecule has 0 aliphatic heterocycles. The number of carboxylic acid groups (broad SMARTS) is 1. The van der Waals surface area contributed by atoms with Crippen molar-refractivity contribution in [2.75, 3.05) is 0 Å². The third-order valence-corrected chi connectivity index (χ3v) is 4.44. The first-order chi connectivity index (χ1) is 9.61. The zero-order valence-corrected chi connectivity index (χ0v) is 12.4. The Labute approximate surface area is 120 Å². The van der Waals surface area contributed by atoms with Gasteiger partial charge in [0.05, 0.1) is 0 Å². The molecule has 4 nitrogen and oxygen atoms in total. The first kappa shape index (κ1) is 15.1. The molecule has 1 fully saturated rings. The summed E-state index contributed by atoms with van der Waals surface area (Å²) in [6.45, 7) is 4.74. The van der Waals surface area contributed by atoms with Gasteiger partial charge in [-0.15, -0.1) is 0 Å². The van der Waals surface area contributed by atoms with E-state index in [2.05, 4.69) is 12.2 Å². The summed E-state index contributed by atoms with van der Waals surface area (Å²) in [4.78, 5) is 10.9. The number of aromatic carboxylic acids is 1. The summed E-state index contributed by atoms with van der Waals surface area (Å²) < 4.78 is 5.25. The smallest absolute Gasteiger partial charge is 0.371 e. The highest BCUT2D eigenvalue weighted by Crippen LogP contribution is 2.28. The largest absolute Gasteiger partial charge is 0.475 e. The molecule has 1 aliphatic carbocycles. The van der Waals surface area contributed by atoms with Gasteiger partial charge in [0.25, 0.3) is 0 Å². The Balaban J connectivity index is 1.93. The van der Waals surface area contributed by atoms with Crippen LogP contribution in [0.15, 0.2) is 10.5 Å². The number of furan rings is 1. The number of hydrogen-bond donors (Lipinski definition) is 2. The van der Waals surface area contributed by atoms with Crippen LogP contribution in [0.5, 0.6) is 0 Å². The average molecular weight is 279 g/mol. The van der Waals surface area contributed by atoms with E-state index in [0.29, 0.717) is 18.3 Å². The lowest BCUT2D eigenvalue weighted by Gasteiger charge is -2.30. The average Bonchev–Trinajstić information content (AvgIpc) is 2.82. The molecule has 2 rings (SSSR count). The lowest BCUT2D eigenvalue weighted by atomic mass is 9.83. The highest BCUT2D eigenvalue weighted by molar-refractivity contribution is 5.84. The lowest BCUT2D eigenvalue weighted by molar-refractivity contribution is 0.0661. The number of carbonyl (C=O) groups is 1. The SMILES string of the molecule is CCC(NCc1cc(C(=O)O)oc1C)C1CCCCC1. The van der Waals surface area contributed by atoms with Gasteiger partial charge in [-0.1, -0.05) is 26.2 Å². The van der Waals surface area contributed by atoms with Crippen LogP contribution < -0.4 is 5.32 Å². The van der Waals surface area contributed by atoms with E-state index < -0.39 is 5.97 Å². The second-order valence-electron chi connectivity index (χ2n) is 5.79. The summed E-state index contributed by atoms with van der Waals surface area (Å²) in [7, 11) is 0. The summed E-state index contributed by atoms with van der Waals surface area (Å²) in [6, 6.07) is 2.16. The molecule has 0 spiro atoms. The van der Waals surface area contributed by atoms with E-state index in [1.165, 1.54) is 32.1 Å². The van der Waals surface area contributed by atoms with Crippen molar-refractivity contribution < 1.29 is 14.3 Å². The number of rotatable bonds is 6. The molecule has 1 saturated carbocycles. The summed E-state index contributed by atoms with van der Waals surface area (Å²) >= 11 is 0. The maximum Gasteiger partial charge on any atom is 0.371 e. The van der Waals surface area contributed by atoms with E-state index in [0.717, 1.165) is 17.9 Å². The molecule has 1 aliphatic rings. The zero-order chi connectivity index (χ0) is 14.5. The van der Waals surface area contributed by atoms with Crippen LogP contribution in [0.4, 0.5) is 0 Å². The third kappa shape index (κ3) is 3.63. The Bertz CT molecular complexity index is 447. The summed E-state index contributed by atoms with van der Waals surface area (Å²) in [5.74, 6) is 0.497. The van der Waals surface area contributed by atoms with Crippen LogP contribution >= 0.6 is 0 Å². The summed E-state index contributed by atoms with van der Waals surface area (Å²) in [5, 5.41) is 12.5. The number of carboxylic acids is 1. The second kappa shape index (κ2) is 6.93. The van der Waals surface area contributed by atoms with Gasteiger partial charge in [0.1, 0.15) is 5.76 Å². The maximum absolute atomic E-state index is 10.9. The van der Waals surface area contributed by atoms with Gasteiger partial charge in [0, 0.05) is 18.2 Å². The standard InChI is InChI=1S/C16H25NO3/c1-3-14(12-7-5-4-6-8-12)17-10-13-9-15(16(18)19)20-11(13)2/h9,12,14,17H,3-8,10H2,1-2H3,(H,18,19). The maximum atomic E-state index is 10.9. The highest BCUT2D eigenvalue weighted by Gasteiger charge is 2.22. The highest BCUT2D eigenvalue weighted by atomic mass is 16.4. The van der Waals surface area contributed by atoms with Crippen LogP contribution in [0, 0.1) is 12.8 Å². The van der Waals surface area contributed by atoms with Gasteiger partial charge in [-0.05, 0) is 38.2 Å². The summed E-state index contributed by atoms with van der Waals surface area (Å²) in [6.07, 6.45) is 7.81. The first-order valence-corrected chi connectivity index (χ1v) is 7.67. The molecule has 2 N–H and O–H groups in total. The topological polar surface area (TPSA) is 62.5 Å². The molecule has 0 amide bonds. The Hall–Kier alpha value is -1.29. The van der Waals surface area contributed by atoms with Crippen LogP contribution in [0.2, 0.25) is 0 Å². The fourth-order valence-electron chi connectivity index (χ4n) is 3.22. The van der Waals surface area contributed by atoms with Gasteiger partial charge in [0.2, 0.25) is 5.76 Å². The van der Waals surface area contributed by atoms with Crippen molar-refractivity contribution in [1.29, 1.82) is 0 Å². The van der Waals surface area contributed by atoms with Crippen molar-refractivity contribution in [1.82, 2.24) is 5.32 Å². The predicted octanol–water partition coefficient (Wildman–Crippen LogP) is 3.73. The lowest BCUT2D eigenvalue weighted by Crippen LogP contribution is -2.36. The van der Waals surface area contributed by atoms with E-state index in [9.17, 15) is 4.79 Å². The molecule has 1 heterocycles. The van der Waals surface area contributed by atoms with Crippen molar-refractivity contribution in [3.05, 3.63) is 23.2 Å². The van der Waals surface area contributed by atoms with Gasteiger partial charge < -0.3 is 14.8 Å².